The van der Waals surface area contributed by atoms with Crippen molar-refractivity contribution in [2.75, 3.05) is 5.73 Å². The van der Waals surface area contributed by atoms with Gasteiger partial charge >= 0.3 is 0 Å². The molecule has 0 unspecified atom stereocenters. The van der Waals surface area contributed by atoms with E-state index in [0.29, 0.717) is 24.3 Å². The van der Waals surface area contributed by atoms with Gasteiger partial charge in [0, 0.05) is 47.7 Å². The maximum atomic E-state index is 12.6. The summed E-state index contributed by atoms with van der Waals surface area (Å²) in [6.07, 6.45) is 4.19. The highest BCUT2D eigenvalue weighted by Gasteiger charge is 2.09. The Labute approximate surface area is 175 Å². The van der Waals surface area contributed by atoms with Gasteiger partial charge in [-0.3, -0.25) is 14.8 Å². The first-order valence-corrected chi connectivity index (χ1v) is 9.78. The summed E-state index contributed by atoms with van der Waals surface area (Å²) in [6, 6.07) is 15.5. The van der Waals surface area contributed by atoms with Gasteiger partial charge in [0.1, 0.15) is 5.82 Å². The van der Waals surface area contributed by atoms with E-state index in [-0.39, 0.29) is 5.91 Å². The average molecular weight is 397 g/mol. The molecule has 0 saturated heterocycles. The Kier molecular flexibility index (Phi) is 5.39. The number of fused-ring (bicyclic) bond motifs is 1. The van der Waals surface area contributed by atoms with Crippen molar-refractivity contribution >= 4 is 22.6 Å². The van der Waals surface area contributed by atoms with Gasteiger partial charge in [-0.05, 0) is 66.9 Å². The number of benzene rings is 1. The number of rotatable bonds is 5. The van der Waals surface area contributed by atoms with Crippen LogP contribution < -0.4 is 11.1 Å². The number of nitrogen functional groups attached to an aromatic ring is 1. The number of pyridine rings is 3. The van der Waals surface area contributed by atoms with Crippen molar-refractivity contribution in [3.8, 4) is 0 Å². The van der Waals surface area contributed by atoms with Crippen molar-refractivity contribution in [3.05, 3.63) is 94.6 Å². The normalized spacial score (nSPS) is 10.9. The number of amides is 1. The van der Waals surface area contributed by atoms with Gasteiger partial charge in [0.25, 0.3) is 5.91 Å². The summed E-state index contributed by atoms with van der Waals surface area (Å²) >= 11 is 0. The number of hydrogen-bond acceptors (Lipinski definition) is 5. The van der Waals surface area contributed by atoms with Gasteiger partial charge in [0.05, 0.1) is 5.52 Å². The summed E-state index contributed by atoms with van der Waals surface area (Å²) in [5, 5.41) is 4.05. The summed E-state index contributed by atoms with van der Waals surface area (Å²) in [6.45, 7) is 4.31. The van der Waals surface area contributed by atoms with Gasteiger partial charge in [0.15, 0.2) is 0 Å². The Morgan fingerprint density at radius 1 is 1.03 bits per heavy atom. The predicted octanol–water partition coefficient (Wildman–Crippen LogP) is 3.74. The average Bonchev–Trinajstić information content (AvgIpc) is 2.73. The number of nitrogens with zero attached hydrogens (tertiary/aromatic N) is 3. The molecule has 0 aliphatic rings. The number of hydrogen-bond donors (Lipinski definition) is 2. The molecule has 0 radical (unpaired) electrons. The number of anilines is 1. The molecule has 30 heavy (non-hydrogen) atoms. The van der Waals surface area contributed by atoms with Crippen molar-refractivity contribution in [2.24, 2.45) is 0 Å². The first kappa shape index (κ1) is 19.5. The summed E-state index contributed by atoms with van der Waals surface area (Å²) in [7, 11) is 0. The van der Waals surface area contributed by atoms with Crippen molar-refractivity contribution < 1.29 is 4.79 Å². The highest BCUT2D eigenvalue weighted by molar-refractivity contribution is 5.94. The van der Waals surface area contributed by atoms with Crippen LogP contribution in [0.4, 0.5) is 5.82 Å². The molecule has 3 aromatic heterocycles. The van der Waals surface area contributed by atoms with Crippen LogP contribution in [-0.2, 0) is 13.0 Å². The smallest absolute Gasteiger partial charge is 0.251 e. The molecule has 3 heterocycles. The second-order valence-electron chi connectivity index (χ2n) is 7.42. The maximum absolute atomic E-state index is 12.6. The minimum Gasteiger partial charge on any atom is -0.384 e. The van der Waals surface area contributed by atoms with Gasteiger partial charge in [-0.1, -0.05) is 12.1 Å². The third kappa shape index (κ3) is 4.43. The van der Waals surface area contributed by atoms with E-state index >= 15 is 0 Å². The molecule has 0 bridgehead atoms. The number of aromatic nitrogens is 3. The van der Waals surface area contributed by atoms with Crippen LogP contribution in [0.5, 0.6) is 0 Å². The zero-order valence-corrected chi connectivity index (χ0v) is 17.0. The largest absolute Gasteiger partial charge is 0.384 e. The van der Waals surface area contributed by atoms with Gasteiger partial charge in [-0.2, -0.15) is 0 Å². The van der Waals surface area contributed by atoms with Crippen LogP contribution in [0.2, 0.25) is 0 Å². The van der Waals surface area contributed by atoms with Gasteiger partial charge in [-0.25, -0.2) is 4.98 Å². The van der Waals surface area contributed by atoms with E-state index in [9.17, 15) is 4.79 Å². The Morgan fingerprint density at radius 2 is 1.90 bits per heavy atom. The topological polar surface area (TPSA) is 93.8 Å². The Morgan fingerprint density at radius 3 is 2.73 bits per heavy atom. The van der Waals surface area contributed by atoms with Gasteiger partial charge < -0.3 is 11.1 Å². The zero-order valence-electron chi connectivity index (χ0n) is 17.0. The fraction of sp³-hybridized carbons (Fsp3) is 0.167. The van der Waals surface area contributed by atoms with Crippen LogP contribution in [0.1, 0.15) is 38.4 Å². The summed E-state index contributed by atoms with van der Waals surface area (Å²) in [4.78, 5) is 25.7. The van der Waals surface area contributed by atoms with E-state index in [0.717, 1.165) is 39.0 Å². The lowest BCUT2D eigenvalue weighted by Crippen LogP contribution is -2.23. The first-order chi connectivity index (χ1) is 14.5. The minimum atomic E-state index is -0.145. The Bertz CT molecular complexity index is 1240. The van der Waals surface area contributed by atoms with E-state index in [4.69, 9.17) is 5.73 Å². The number of nitrogens with two attached hydrogens (primary N) is 1. The zero-order chi connectivity index (χ0) is 21.1. The number of carbonyl (C=O) groups excluding carboxylic acids is 1. The van der Waals surface area contributed by atoms with Gasteiger partial charge in [0.2, 0.25) is 0 Å². The van der Waals surface area contributed by atoms with Gasteiger partial charge in [-0.15, -0.1) is 0 Å². The Hall–Kier alpha value is -3.80. The predicted molar refractivity (Wildman–Crippen MR) is 118 cm³/mol. The molecule has 150 valence electrons. The molecule has 3 N–H and O–H groups in total. The summed E-state index contributed by atoms with van der Waals surface area (Å²) in [5.41, 5.74) is 12.1. The summed E-state index contributed by atoms with van der Waals surface area (Å²) in [5.74, 6) is 0.328. The third-order valence-corrected chi connectivity index (χ3v) is 5.00. The lowest BCUT2D eigenvalue weighted by Gasteiger charge is -2.09. The van der Waals surface area contributed by atoms with Crippen LogP contribution in [0.15, 0.2) is 60.9 Å². The minimum absolute atomic E-state index is 0.145. The molecule has 0 spiro atoms. The van der Waals surface area contributed by atoms with E-state index in [1.165, 1.54) is 0 Å². The van der Waals surface area contributed by atoms with Crippen molar-refractivity contribution in [3.63, 3.8) is 0 Å². The van der Waals surface area contributed by atoms with Crippen LogP contribution in [0.25, 0.3) is 10.9 Å². The fourth-order valence-electron chi connectivity index (χ4n) is 3.40. The van der Waals surface area contributed by atoms with Crippen LogP contribution in [-0.4, -0.2) is 20.9 Å². The maximum Gasteiger partial charge on any atom is 0.251 e. The highest BCUT2D eigenvalue weighted by atomic mass is 16.1. The second-order valence-corrected chi connectivity index (χ2v) is 7.42. The van der Waals surface area contributed by atoms with Crippen molar-refractivity contribution in [1.82, 2.24) is 20.3 Å². The highest BCUT2D eigenvalue weighted by Crippen LogP contribution is 2.18. The van der Waals surface area contributed by atoms with E-state index < -0.39 is 0 Å². The molecule has 0 atom stereocenters. The third-order valence-electron chi connectivity index (χ3n) is 5.00. The number of aryl methyl sites for hydroxylation is 2. The van der Waals surface area contributed by atoms with E-state index in [1.54, 1.807) is 18.3 Å². The van der Waals surface area contributed by atoms with E-state index in [2.05, 4.69) is 38.5 Å². The molecule has 0 fully saturated rings. The standard InChI is InChI=1S/C24H23N5O/c1-15-9-20-10-17(3-5-22(20)27-13-15)11-21-12-18(7-8-26-21)24(30)28-14-19-4-6-23(25)29-16(19)2/h3-10,12-13H,11,14H2,1-2H3,(H2,25,29)(H,28,30). The molecule has 1 aromatic carbocycles. The first-order valence-electron chi connectivity index (χ1n) is 9.78. The monoisotopic (exact) mass is 397 g/mol. The quantitative estimate of drug-likeness (QED) is 0.535. The van der Waals surface area contributed by atoms with Crippen LogP contribution in [0, 0.1) is 13.8 Å². The lowest BCUT2D eigenvalue weighted by atomic mass is 10.0. The molecular formula is C24H23N5O. The molecule has 1 amide bonds. The molecule has 4 rings (SSSR count). The van der Waals surface area contributed by atoms with Crippen molar-refractivity contribution in [1.29, 1.82) is 0 Å². The molecule has 0 aliphatic heterocycles. The molecule has 6 nitrogen and oxygen atoms in total. The summed E-state index contributed by atoms with van der Waals surface area (Å²) < 4.78 is 0. The van der Waals surface area contributed by atoms with Crippen molar-refractivity contribution in [2.45, 2.75) is 26.8 Å². The molecule has 0 saturated carbocycles. The van der Waals surface area contributed by atoms with Crippen LogP contribution >= 0.6 is 0 Å². The van der Waals surface area contributed by atoms with Crippen LogP contribution in [0.3, 0.4) is 0 Å². The second kappa shape index (κ2) is 8.29. The number of nitrogens with one attached hydrogen (secondary N) is 1. The fourth-order valence-corrected chi connectivity index (χ4v) is 3.40. The lowest BCUT2D eigenvalue weighted by molar-refractivity contribution is 0.0950. The molecular weight excluding hydrogens is 374 g/mol. The molecule has 4 aromatic rings. The Balaban J connectivity index is 1.47. The molecule has 6 heteroatoms. The number of carbonyl (C=O) groups is 1. The molecule has 0 aliphatic carbocycles. The SMILES string of the molecule is Cc1cnc2ccc(Cc3cc(C(=O)NCc4ccc(N)nc4C)ccn3)cc2c1. The van der Waals surface area contributed by atoms with E-state index in [1.807, 2.05) is 38.2 Å².